The SMILES string of the molecule is COc1cccc(-c2oc3c(OC)c(OC)c(OC)c(OC)c3c(=O)c2OC)c1O. The summed E-state index contributed by atoms with van der Waals surface area (Å²) in [6.45, 7) is 0. The van der Waals surface area contributed by atoms with E-state index in [1.807, 2.05) is 0 Å². The predicted molar refractivity (Wildman–Crippen MR) is 109 cm³/mol. The molecule has 1 N–H and O–H groups in total. The molecule has 0 spiro atoms. The molecule has 160 valence electrons. The number of fused-ring (bicyclic) bond motifs is 1. The highest BCUT2D eigenvalue weighted by molar-refractivity contribution is 5.97. The molecule has 1 aromatic heterocycles. The summed E-state index contributed by atoms with van der Waals surface area (Å²) in [6.07, 6.45) is 0. The molecule has 9 nitrogen and oxygen atoms in total. The fourth-order valence-corrected chi connectivity index (χ4v) is 3.29. The van der Waals surface area contributed by atoms with Crippen LogP contribution in [0.2, 0.25) is 0 Å². The van der Waals surface area contributed by atoms with E-state index in [4.69, 9.17) is 32.8 Å². The first kappa shape index (κ1) is 21.0. The van der Waals surface area contributed by atoms with Crippen LogP contribution in [0, 0.1) is 0 Å². The Morgan fingerprint density at radius 3 is 1.83 bits per heavy atom. The summed E-state index contributed by atoms with van der Waals surface area (Å²) in [5.41, 5.74) is -0.317. The first-order valence-electron chi connectivity index (χ1n) is 8.75. The highest BCUT2D eigenvalue weighted by Gasteiger charge is 2.30. The van der Waals surface area contributed by atoms with Crippen molar-refractivity contribution in [2.75, 3.05) is 42.7 Å². The number of phenols is 1. The predicted octanol–water partition coefficient (Wildman–Crippen LogP) is 3.22. The summed E-state index contributed by atoms with van der Waals surface area (Å²) >= 11 is 0. The smallest absolute Gasteiger partial charge is 0.239 e. The molecule has 0 bridgehead atoms. The first-order valence-corrected chi connectivity index (χ1v) is 8.75. The van der Waals surface area contributed by atoms with Crippen molar-refractivity contribution in [3.05, 3.63) is 28.4 Å². The fraction of sp³-hybridized carbons (Fsp3) is 0.286. The van der Waals surface area contributed by atoms with E-state index in [0.717, 1.165) is 0 Å². The van der Waals surface area contributed by atoms with E-state index in [0.29, 0.717) is 0 Å². The summed E-state index contributed by atoms with van der Waals surface area (Å²) in [5.74, 6) is 0.389. The molecule has 0 atom stereocenters. The van der Waals surface area contributed by atoms with Crippen LogP contribution < -0.4 is 33.8 Å². The summed E-state index contributed by atoms with van der Waals surface area (Å²) in [7, 11) is 8.35. The van der Waals surface area contributed by atoms with Crippen molar-refractivity contribution in [3.8, 4) is 51.6 Å². The van der Waals surface area contributed by atoms with E-state index in [2.05, 4.69) is 0 Å². The summed E-state index contributed by atoms with van der Waals surface area (Å²) in [4.78, 5) is 13.4. The molecule has 3 rings (SSSR count). The molecule has 9 heteroatoms. The summed E-state index contributed by atoms with van der Waals surface area (Å²) in [5, 5.41) is 10.6. The van der Waals surface area contributed by atoms with Crippen molar-refractivity contribution in [2.24, 2.45) is 0 Å². The molecule has 0 fully saturated rings. The van der Waals surface area contributed by atoms with Crippen LogP contribution in [0.5, 0.6) is 40.2 Å². The fourth-order valence-electron chi connectivity index (χ4n) is 3.29. The third-order valence-electron chi connectivity index (χ3n) is 4.61. The van der Waals surface area contributed by atoms with Crippen LogP contribution >= 0.6 is 0 Å². The van der Waals surface area contributed by atoms with E-state index in [1.54, 1.807) is 18.2 Å². The lowest BCUT2D eigenvalue weighted by atomic mass is 10.1. The van der Waals surface area contributed by atoms with Gasteiger partial charge >= 0.3 is 0 Å². The average Bonchev–Trinajstić information content (AvgIpc) is 2.77. The van der Waals surface area contributed by atoms with Gasteiger partial charge in [0.15, 0.2) is 28.6 Å². The maximum atomic E-state index is 13.4. The lowest BCUT2D eigenvalue weighted by Crippen LogP contribution is -2.11. The van der Waals surface area contributed by atoms with Gasteiger partial charge in [0, 0.05) is 0 Å². The highest BCUT2D eigenvalue weighted by atomic mass is 16.5. The minimum absolute atomic E-state index is 0.0148. The molecule has 1 heterocycles. The van der Waals surface area contributed by atoms with Gasteiger partial charge in [-0.2, -0.15) is 0 Å². The number of hydrogen-bond donors (Lipinski definition) is 1. The minimum atomic E-state index is -0.549. The van der Waals surface area contributed by atoms with Crippen LogP contribution in [0.25, 0.3) is 22.3 Å². The van der Waals surface area contributed by atoms with E-state index in [1.165, 1.54) is 42.7 Å². The van der Waals surface area contributed by atoms with E-state index < -0.39 is 5.43 Å². The number of methoxy groups -OCH3 is 6. The Hall–Kier alpha value is -3.75. The third kappa shape index (κ3) is 2.99. The van der Waals surface area contributed by atoms with Crippen LogP contribution in [0.1, 0.15) is 0 Å². The summed E-state index contributed by atoms with van der Waals surface area (Å²) < 4.78 is 38.3. The van der Waals surface area contributed by atoms with Crippen molar-refractivity contribution >= 4 is 11.0 Å². The number of aromatic hydroxyl groups is 1. The molecular formula is C21H22O9. The second-order valence-electron chi connectivity index (χ2n) is 5.99. The van der Waals surface area contributed by atoms with Gasteiger partial charge in [-0.3, -0.25) is 4.79 Å². The van der Waals surface area contributed by atoms with Crippen LogP contribution in [0.4, 0.5) is 0 Å². The Labute approximate surface area is 172 Å². The van der Waals surface area contributed by atoms with E-state index in [9.17, 15) is 9.90 Å². The molecule has 0 amide bonds. The zero-order valence-electron chi connectivity index (χ0n) is 17.4. The second kappa shape index (κ2) is 8.32. The standard InChI is InChI=1S/C21H22O9/c1-24-11-9-7-8-10(13(11)22)15-18(26-3)14(23)12-16(25-2)19(27-4)21(29-6)20(28-5)17(12)30-15/h7-9,22H,1-6H3. The lowest BCUT2D eigenvalue weighted by Gasteiger charge is -2.19. The Balaban J connectivity index is 2.57. The van der Waals surface area contributed by atoms with Gasteiger partial charge in [-0.1, -0.05) is 6.07 Å². The van der Waals surface area contributed by atoms with Crippen molar-refractivity contribution in [2.45, 2.75) is 0 Å². The van der Waals surface area contributed by atoms with Gasteiger partial charge in [-0.05, 0) is 12.1 Å². The van der Waals surface area contributed by atoms with Gasteiger partial charge in [0.1, 0.15) is 5.39 Å². The first-order chi connectivity index (χ1) is 14.5. The zero-order valence-corrected chi connectivity index (χ0v) is 17.4. The maximum Gasteiger partial charge on any atom is 0.239 e. The van der Waals surface area contributed by atoms with Gasteiger partial charge in [0.05, 0.1) is 48.2 Å². The van der Waals surface area contributed by atoms with Gasteiger partial charge < -0.3 is 37.9 Å². The molecule has 0 saturated heterocycles. The van der Waals surface area contributed by atoms with Crippen LogP contribution in [0.3, 0.4) is 0 Å². The number of benzene rings is 2. The Kier molecular flexibility index (Phi) is 5.81. The monoisotopic (exact) mass is 418 g/mol. The van der Waals surface area contributed by atoms with E-state index in [-0.39, 0.29) is 62.5 Å². The van der Waals surface area contributed by atoms with Crippen molar-refractivity contribution in [3.63, 3.8) is 0 Å². The molecule has 0 unspecified atom stereocenters. The van der Waals surface area contributed by atoms with Gasteiger partial charge in [-0.15, -0.1) is 0 Å². The zero-order chi connectivity index (χ0) is 22.0. The number of phenolic OH excluding ortho intramolecular Hbond substituents is 1. The second-order valence-corrected chi connectivity index (χ2v) is 5.99. The third-order valence-corrected chi connectivity index (χ3v) is 4.61. The quantitative estimate of drug-likeness (QED) is 0.619. The molecule has 0 aliphatic rings. The van der Waals surface area contributed by atoms with Crippen molar-refractivity contribution in [1.29, 1.82) is 0 Å². The van der Waals surface area contributed by atoms with Gasteiger partial charge in [-0.25, -0.2) is 0 Å². The summed E-state index contributed by atoms with van der Waals surface area (Å²) in [6, 6.07) is 4.78. The molecule has 0 radical (unpaired) electrons. The largest absolute Gasteiger partial charge is 0.504 e. The average molecular weight is 418 g/mol. The molecular weight excluding hydrogens is 396 g/mol. The number of hydrogen-bond acceptors (Lipinski definition) is 9. The Morgan fingerprint density at radius 2 is 1.30 bits per heavy atom. The molecule has 0 aliphatic heterocycles. The minimum Gasteiger partial charge on any atom is -0.504 e. The Morgan fingerprint density at radius 1 is 0.733 bits per heavy atom. The van der Waals surface area contributed by atoms with Crippen LogP contribution in [0.15, 0.2) is 27.4 Å². The number of ether oxygens (including phenoxy) is 6. The van der Waals surface area contributed by atoms with Crippen molar-refractivity contribution < 1.29 is 37.9 Å². The maximum absolute atomic E-state index is 13.4. The van der Waals surface area contributed by atoms with Gasteiger partial charge in [0.2, 0.25) is 28.4 Å². The van der Waals surface area contributed by atoms with Gasteiger partial charge in [0.25, 0.3) is 0 Å². The molecule has 2 aromatic carbocycles. The van der Waals surface area contributed by atoms with Crippen molar-refractivity contribution in [1.82, 2.24) is 0 Å². The van der Waals surface area contributed by atoms with Crippen LogP contribution in [-0.4, -0.2) is 47.8 Å². The topological polar surface area (TPSA) is 106 Å². The Bertz CT molecular complexity index is 1150. The number of rotatable bonds is 7. The lowest BCUT2D eigenvalue weighted by molar-refractivity contribution is 0.306. The van der Waals surface area contributed by atoms with Crippen LogP contribution in [-0.2, 0) is 0 Å². The molecule has 30 heavy (non-hydrogen) atoms. The highest BCUT2D eigenvalue weighted by Crippen LogP contribution is 2.52. The van der Waals surface area contributed by atoms with E-state index >= 15 is 0 Å². The molecule has 0 saturated carbocycles. The normalized spacial score (nSPS) is 10.6. The molecule has 0 aliphatic carbocycles. The molecule has 3 aromatic rings. The number of para-hydroxylation sites is 1.